The standard InChI is InChI=1S/C20H28N2O4/c1-19(2,3)26-18(25)22(20(4)8-5-9-20)12-13-10-15(14-6-7-14)21-16(11-13)17(23)24/h10-11,14H,5-9,12H2,1-4H3,(H,23,24). The first-order valence-electron chi connectivity index (χ1n) is 9.32. The lowest BCUT2D eigenvalue weighted by molar-refractivity contribution is -0.0238. The highest BCUT2D eigenvalue weighted by atomic mass is 16.6. The van der Waals surface area contributed by atoms with Gasteiger partial charge in [-0.1, -0.05) is 0 Å². The third-order valence-corrected chi connectivity index (χ3v) is 5.16. The van der Waals surface area contributed by atoms with Crippen molar-refractivity contribution in [3.63, 3.8) is 0 Å². The summed E-state index contributed by atoms with van der Waals surface area (Å²) in [5.41, 5.74) is 0.863. The Balaban J connectivity index is 1.88. The lowest BCUT2D eigenvalue weighted by Crippen LogP contribution is -2.54. The van der Waals surface area contributed by atoms with Crippen LogP contribution in [0.3, 0.4) is 0 Å². The van der Waals surface area contributed by atoms with Gasteiger partial charge in [0.25, 0.3) is 0 Å². The predicted octanol–water partition coefficient (Wildman–Crippen LogP) is 4.34. The number of hydrogen-bond acceptors (Lipinski definition) is 4. The Kier molecular flexibility index (Phi) is 4.71. The van der Waals surface area contributed by atoms with Crippen LogP contribution in [0.25, 0.3) is 0 Å². The van der Waals surface area contributed by atoms with Crippen LogP contribution in [0.5, 0.6) is 0 Å². The number of aromatic nitrogens is 1. The average molecular weight is 360 g/mol. The highest BCUT2D eigenvalue weighted by Gasteiger charge is 2.42. The Morgan fingerprint density at radius 3 is 2.42 bits per heavy atom. The van der Waals surface area contributed by atoms with Crippen molar-refractivity contribution < 1.29 is 19.4 Å². The van der Waals surface area contributed by atoms with E-state index in [1.807, 2.05) is 26.8 Å². The molecule has 0 aromatic carbocycles. The molecule has 2 fully saturated rings. The van der Waals surface area contributed by atoms with Crippen LogP contribution >= 0.6 is 0 Å². The highest BCUT2D eigenvalue weighted by Crippen LogP contribution is 2.41. The van der Waals surface area contributed by atoms with Crippen LogP contribution in [0.1, 0.15) is 87.5 Å². The summed E-state index contributed by atoms with van der Waals surface area (Å²) in [6.45, 7) is 7.97. The monoisotopic (exact) mass is 360 g/mol. The Morgan fingerprint density at radius 2 is 1.96 bits per heavy atom. The number of amides is 1. The fourth-order valence-corrected chi connectivity index (χ4v) is 3.33. The van der Waals surface area contributed by atoms with Gasteiger partial charge in [0.1, 0.15) is 11.3 Å². The van der Waals surface area contributed by atoms with E-state index >= 15 is 0 Å². The molecule has 6 nitrogen and oxygen atoms in total. The predicted molar refractivity (Wildman–Crippen MR) is 97.2 cm³/mol. The first-order chi connectivity index (χ1) is 12.1. The number of pyridine rings is 1. The van der Waals surface area contributed by atoms with Crippen LogP contribution in [-0.2, 0) is 11.3 Å². The van der Waals surface area contributed by atoms with E-state index in [0.717, 1.165) is 43.4 Å². The van der Waals surface area contributed by atoms with Gasteiger partial charge in [-0.2, -0.15) is 0 Å². The van der Waals surface area contributed by atoms with Crippen molar-refractivity contribution in [3.8, 4) is 0 Å². The van der Waals surface area contributed by atoms with Gasteiger partial charge in [-0.15, -0.1) is 0 Å². The molecule has 2 aliphatic carbocycles. The van der Waals surface area contributed by atoms with Gasteiger partial charge in [0, 0.05) is 23.7 Å². The summed E-state index contributed by atoms with van der Waals surface area (Å²) in [6, 6.07) is 3.52. The minimum atomic E-state index is -1.03. The van der Waals surface area contributed by atoms with E-state index in [-0.39, 0.29) is 17.3 Å². The van der Waals surface area contributed by atoms with E-state index in [9.17, 15) is 14.7 Å². The molecule has 6 heteroatoms. The van der Waals surface area contributed by atoms with Crippen LogP contribution in [0.2, 0.25) is 0 Å². The maximum absolute atomic E-state index is 12.8. The van der Waals surface area contributed by atoms with Crippen LogP contribution in [0, 0.1) is 0 Å². The highest BCUT2D eigenvalue weighted by molar-refractivity contribution is 5.85. The summed E-state index contributed by atoms with van der Waals surface area (Å²) in [4.78, 5) is 30.3. The maximum Gasteiger partial charge on any atom is 0.411 e. The van der Waals surface area contributed by atoms with Gasteiger partial charge in [-0.3, -0.25) is 4.90 Å². The lowest BCUT2D eigenvalue weighted by Gasteiger charge is -2.47. The zero-order chi connectivity index (χ0) is 19.1. The Labute approximate surface area is 154 Å². The Bertz CT molecular complexity index is 715. The molecule has 1 aromatic heterocycles. The minimum absolute atomic E-state index is 0.0484. The number of carbonyl (C=O) groups excluding carboxylic acids is 1. The summed E-state index contributed by atoms with van der Waals surface area (Å²) >= 11 is 0. The molecule has 1 aromatic rings. The summed E-state index contributed by atoms with van der Waals surface area (Å²) in [7, 11) is 0. The van der Waals surface area contributed by atoms with Gasteiger partial charge in [0.05, 0.1) is 0 Å². The molecule has 1 amide bonds. The molecule has 0 saturated heterocycles. The van der Waals surface area contributed by atoms with Gasteiger partial charge >= 0.3 is 12.1 Å². The van der Waals surface area contributed by atoms with Crippen molar-refractivity contribution >= 4 is 12.1 Å². The first-order valence-corrected chi connectivity index (χ1v) is 9.32. The van der Waals surface area contributed by atoms with Crippen LogP contribution < -0.4 is 0 Å². The van der Waals surface area contributed by atoms with Crippen molar-refractivity contribution in [3.05, 3.63) is 29.1 Å². The zero-order valence-corrected chi connectivity index (χ0v) is 16.0. The number of carboxylic acids is 1. The van der Waals surface area contributed by atoms with Crippen molar-refractivity contribution in [2.45, 2.75) is 83.4 Å². The van der Waals surface area contributed by atoms with Crippen molar-refractivity contribution in [1.29, 1.82) is 0 Å². The smallest absolute Gasteiger partial charge is 0.411 e. The third-order valence-electron chi connectivity index (χ3n) is 5.16. The number of ether oxygens (including phenoxy) is 1. The van der Waals surface area contributed by atoms with E-state index in [1.54, 1.807) is 11.0 Å². The van der Waals surface area contributed by atoms with Gasteiger partial charge in [-0.05, 0) is 77.5 Å². The molecule has 142 valence electrons. The molecule has 0 bridgehead atoms. The number of rotatable bonds is 5. The number of carboxylic acid groups (broad SMARTS) is 1. The minimum Gasteiger partial charge on any atom is -0.477 e. The summed E-state index contributed by atoms with van der Waals surface area (Å²) in [5, 5.41) is 9.38. The summed E-state index contributed by atoms with van der Waals surface area (Å²) in [5.74, 6) is -0.685. The molecule has 0 atom stereocenters. The second-order valence-corrected chi connectivity index (χ2v) is 8.78. The molecular weight excluding hydrogens is 332 g/mol. The van der Waals surface area contributed by atoms with Crippen LogP contribution in [0.15, 0.2) is 12.1 Å². The van der Waals surface area contributed by atoms with E-state index < -0.39 is 11.6 Å². The maximum atomic E-state index is 12.8. The normalized spacial score (nSPS) is 18.8. The molecule has 0 unspecified atom stereocenters. The Hall–Kier alpha value is -2.11. The van der Waals surface area contributed by atoms with Crippen molar-refractivity contribution in [2.24, 2.45) is 0 Å². The van der Waals surface area contributed by atoms with Gasteiger partial charge < -0.3 is 9.84 Å². The number of nitrogens with zero attached hydrogens (tertiary/aromatic N) is 2. The number of carbonyl (C=O) groups is 2. The van der Waals surface area contributed by atoms with E-state index in [4.69, 9.17) is 4.74 Å². The van der Waals surface area contributed by atoms with E-state index in [2.05, 4.69) is 11.9 Å². The lowest BCUT2D eigenvalue weighted by atomic mass is 9.77. The van der Waals surface area contributed by atoms with Gasteiger partial charge in [0.2, 0.25) is 0 Å². The van der Waals surface area contributed by atoms with Crippen LogP contribution in [0.4, 0.5) is 4.79 Å². The summed E-state index contributed by atoms with van der Waals surface area (Å²) in [6.07, 6.45) is 4.68. The van der Waals surface area contributed by atoms with Crippen molar-refractivity contribution in [1.82, 2.24) is 9.88 Å². The molecule has 3 rings (SSSR count). The molecule has 0 spiro atoms. The van der Waals surface area contributed by atoms with Crippen LogP contribution in [-0.4, -0.2) is 38.2 Å². The molecule has 2 saturated carbocycles. The number of hydrogen-bond donors (Lipinski definition) is 1. The SMILES string of the molecule is CC(C)(C)OC(=O)N(Cc1cc(C(=O)O)nc(C2CC2)c1)C1(C)CCC1. The number of aromatic carboxylic acids is 1. The molecule has 1 heterocycles. The zero-order valence-electron chi connectivity index (χ0n) is 16.0. The summed E-state index contributed by atoms with van der Waals surface area (Å²) < 4.78 is 5.62. The van der Waals surface area contributed by atoms with E-state index in [1.165, 1.54) is 0 Å². The molecule has 0 radical (unpaired) electrons. The first kappa shape index (κ1) is 18.7. The second-order valence-electron chi connectivity index (χ2n) is 8.78. The molecule has 2 aliphatic rings. The fourth-order valence-electron chi connectivity index (χ4n) is 3.33. The van der Waals surface area contributed by atoms with Crippen molar-refractivity contribution in [2.75, 3.05) is 0 Å². The molecular formula is C20H28N2O4. The fraction of sp³-hybridized carbons (Fsp3) is 0.650. The third kappa shape index (κ3) is 4.17. The molecule has 0 aliphatic heterocycles. The average Bonchev–Trinajstić information content (AvgIpc) is 3.33. The largest absolute Gasteiger partial charge is 0.477 e. The quantitative estimate of drug-likeness (QED) is 0.845. The Morgan fingerprint density at radius 1 is 1.31 bits per heavy atom. The van der Waals surface area contributed by atoms with Gasteiger partial charge in [-0.25, -0.2) is 14.6 Å². The topological polar surface area (TPSA) is 79.7 Å². The van der Waals surface area contributed by atoms with E-state index in [0.29, 0.717) is 12.5 Å². The second kappa shape index (κ2) is 6.56. The molecule has 26 heavy (non-hydrogen) atoms. The molecule has 1 N–H and O–H groups in total. The van der Waals surface area contributed by atoms with Gasteiger partial charge in [0.15, 0.2) is 0 Å².